The van der Waals surface area contributed by atoms with Gasteiger partial charge >= 0.3 is 0 Å². The van der Waals surface area contributed by atoms with Crippen LogP contribution < -0.4 is 10.0 Å². The number of carbonyl (C=O) groups excluding carboxylic acids is 1. The number of methoxy groups -OCH3 is 1. The van der Waals surface area contributed by atoms with Crippen molar-refractivity contribution in [1.82, 2.24) is 14.9 Å². The molecule has 1 saturated heterocycles. The first-order valence-corrected chi connectivity index (χ1v) is 12.1. The first kappa shape index (κ1) is 24.3. The molecule has 1 heterocycles. The molecule has 174 valence electrons. The van der Waals surface area contributed by atoms with E-state index in [4.69, 9.17) is 9.47 Å². The normalized spacial score (nSPS) is 17.2. The Morgan fingerprint density at radius 3 is 2.75 bits per heavy atom. The van der Waals surface area contributed by atoms with E-state index >= 15 is 0 Å². The summed E-state index contributed by atoms with van der Waals surface area (Å²) < 4.78 is 38.1. The Labute approximate surface area is 190 Å². The summed E-state index contributed by atoms with van der Waals surface area (Å²) in [6.45, 7) is 5.56. The van der Waals surface area contributed by atoms with E-state index in [0.29, 0.717) is 30.8 Å². The summed E-state index contributed by atoms with van der Waals surface area (Å²) >= 11 is 0. The van der Waals surface area contributed by atoms with Gasteiger partial charge < -0.3 is 14.8 Å². The van der Waals surface area contributed by atoms with Gasteiger partial charge in [-0.1, -0.05) is 36.4 Å². The quantitative estimate of drug-likeness (QED) is 0.521. The lowest BCUT2D eigenvalue weighted by Crippen LogP contribution is -2.47. The van der Waals surface area contributed by atoms with E-state index in [0.717, 1.165) is 13.1 Å². The summed E-state index contributed by atoms with van der Waals surface area (Å²) in [5, 5.41) is 2.90. The number of ether oxygens (including phenoxy) is 2. The zero-order chi connectivity index (χ0) is 23.0. The molecule has 0 aromatic heterocycles. The van der Waals surface area contributed by atoms with Gasteiger partial charge in [0.15, 0.2) is 0 Å². The fourth-order valence-electron chi connectivity index (χ4n) is 3.57. The SMILES string of the molecule is COCCNS(=O)(=O)c1ccc(C)c(C(=O)NCC2CN(Cc3ccccc3)CCO2)c1. The Bertz CT molecular complexity index is 998. The molecule has 1 unspecified atom stereocenters. The molecule has 32 heavy (non-hydrogen) atoms. The summed E-state index contributed by atoms with van der Waals surface area (Å²) in [4.78, 5) is 15.2. The lowest BCUT2D eigenvalue weighted by atomic mass is 10.1. The zero-order valence-electron chi connectivity index (χ0n) is 18.5. The maximum absolute atomic E-state index is 12.8. The van der Waals surface area contributed by atoms with Crippen molar-refractivity contribution < 1.29 is 22.7 Å². The molecule has 0 spiro atoms. The number of hydrogen-bond acceptors (Lipinski definition) is 6. The molecule has 1 fully saturated rings. The molecule has 2 N–H and O–H groups in total. The Morgan fingerprint density at radius 2 is 2.00 bits per heavy atom. The van der Waals surface area contributed by atoms with Gasteiger partial charge in [0.05, 0.1) is 24.2 Å². The third-order valence-corrected chi connectivity index (χ3v) is 6.78. The molecule has 2 aromatic rings. The van der Waals surface area contributed by atoms with Gasteiger partial charge in [-0.05, 0) is 30.2 Å². The predicted octanol–water partition coefficient (Wildman–Crippen LogP) is 1.55. The molecule has 3 rings (SSSR count). The maximum Gasteiger partial charge on any atom is 0.251 e. The highest BCUT2D eigenvalue weighted by Crippen LogP contribution is 2.16. The second kappa shape index (κ2) is 11.5. The Morgan fingerprint density at radius 1 is 1.22 bits per heavy atom. The molecule has 8 nitrogen and oxygen atoms in total. The smallest absolute Gasteiger partial charge is 0.251 e. The third kappa shape index (κ3) is 6.85. The van der Waals surface area contributed by atoms with E-state index in [1.54, 1.807) is 13.0 Å². The highest BCUT2D eigenvalue weighted by molar-refractivity contribution is 7.89. The summed E-state index contributed by atoms with van der Waals surface area (Å²) in [5.41, 5.74) is 2.27. The Kier molecular flexibility index (Phi) is 8.77. The lowest BCUT2D eigenvalue weighted by Gasteiger charge is -2.33. The minimum Gasteiger partial charge on any atom is -0.383 e. The number of morpholine rings is 1. The number of rotatable bonds is 10. The molecule has 0 aliphatic carbocycles. The van der Waals surface area contributed by atoms with Gasteiger partial charge in [0, 0.05) is 45.4 Å². The van der Waals surface area contributed by atoms with E-state index in [2.05, 4.69) is 27.1 Å². The van der Waals surface area contributed by atoms with Crippen molar-refractivity contribution in [2.24, 2.45) is 0 Å². The van der Waals surface area contributed by atoms with Gasteiger partial charge in [-0.25, -0.2) is 13.1 Å². The van der Waals surface area contributed by atoms with E-state index in [-0.39, 0.29) is 30.1 Å². The van der Waals surface area contributed by atoms with Crippen molar-refractivity contribution in [2.45, 2.75) is 24.5 Å². The molecule has 1 aliphatic heterocycles. The highest BCUT2D eigenvalue weighted by Gasteiger charge is 2.22. The first-order valence-electron chi connectivity index (χ1n) is 10.6. The molecule has 1 amide bonds. The Balaban J connectivity index is 1.58. The molecular formula is C23H31N3O5S. The average molecular weight is 462 g/mol. The molecule has 2 aromatic carbocycles. The molecule has 0 bridgehead atoms. The van der Waals surface area contributed by atoms with Crippen molar-refractivity contribution in [3.63, 3.8) is 0 Å². The van der Waals surface area contributed by atoms with Crippen LogP contribution in [0.15, 0.2) is 53.4 Å². The van der Waals surface area contributed by atoms with Gasteiger partial charge in [0.2, 0.25) is 10.0 Å². The van der Waals surface area contributed by atoms with Gasteiger partial charge in [0.25, 0.3) is 5.91 Å². The predicted molar refractivity (Wildman–Crippen MR) is 122 cm³/mol. The number of aryl methyl sites for hydroxylation is 1. The van der Waals surface area contributed by atoms with Crippen molar-refractivity contribution >= 4 is 15.9 Å². The van der Waals surface area contributed by atoms with E-state index in [1.165, 1.54) is 24.8 Å². The monoisotopic (exact) mass is 461 g/mol. The first-order chi connectivity index (χ1) is 15.4. The number of amides is 1. The second-order valence-electron chi connectivity index (χ2n) is 7.79. The third-order valence-electron chi connectivity index (χ3n) is 5.32. The Hall–Kier alpha value is -2.30. The summed E-state index contributed by atoms with van der Waals surface area (Å²) in [5.74, 6) is -0.319. The standard InChI is InChI=1S/C23H31N3O5S/c1-18-8-9-21(32(28,29)25-10-12-30-2)14-22(18)23(27)24-15-20-17-26(11-13-31-20)16-19-6-4-3-5-7-19/h3-9,14,20,25H,10-13,15-17H2,1-2H3,(H,24,27). The van der Waals surface area contributed by atoms with E-state index in [1.807, 2.05) is 18.2 Å². The summed E-state index contributed by atoms with van der Waals surface area (Å²) in [7, 11) is -2.22. The minimum absolute atomic E-state index is 0.0484. The largest absolute Gasteiger partial charge is 0.383 e. The summed E-state index contributed by atoms with van der Waals surface area (Å²) in [6, 6.07) is 14.8. The van der Waals surface area contributed by atoms with Crippen LogP contribution in [0, 0.1) is 6.92 Å². The van der Waals surface area contributed by atoms with Crippen LogP contribution in [-0.4, -0.2) is 71.8 Å². The van der Waals surface area contributed by atoms with Crippen LogP contribution in [0.4, 0.5) is 0 Å². The number of benzene rings is 2. The molecule has 9 heteroatoms. The van der Waals surface area contributed by atoms with Gasteiger partial charge in [-0.2, -0.15) is 0 Å². The maximum atomic E-state index is 12.8. The number of carbonyl (C=O) groups is 1. The van der Waals surface area contributed by atoms with Crippen LogP contribution >= 0.6 is 0 Å². The molecule has 1 aliphatic rings. The van der Waals surface area contributed by atoms with Crippen molar-refractivity contribution in [1.29, 1.82) is 0 Å². The van der Waals surface area contributed by atoms with Crippen molar-refractivity contribution in [3.05, 3.63) is 65.2 Å². The van der Waals surface area contributed by atoms with Crippen LogP contribution in [0.3, 0.4) is 0 Å². The van der Waals surface area contributed by atoms with Gasteiger partial charge in [-0.3, -0.25) is 9.69 Å². The van der Waals surface area contributed by atoms with Crippen LogP contribution in [0.25, 0.3) is 0 Å². The number of hydrogen-bond donors (Lipinski definition) is 2. The molecular weight excluding hydrogens is 430 g/mol. The topological polar surface area (TPSA) is 97.0 Å². The zero-order valence-corrected chi connectivity index (χ0v) is 19.4. The number of sulfonamides is 1. The number of nitrogens with zero attached hydrogens (tertiary/aromatic N) is 1. The van der Waals surface area contributed by atoms with Crippen LogP contribution in [-0.2, 0) is 26.0 Å². The van der Waals surface area contributed by atoms with Crippen LogP contribution in [0.1, 0.15) is 21.5 Å². The average Bonchev–Trinajstić information content (AvgIpc) is 2.79. The van der Waals surface area contributed by atoms with Gasteiger partial charge in [0.1, 0.15) is 0 Å². The second-order valence-corrected chi connectivity index (χ2v) is 9.56. The van der Waals surface area contributed by atoms with Crippen LogP contribution in [0.2, 0.25) is 0 Å². The van der Waals surface area contributed by atoms with Crippen molar-refractivity contribution in [3.8, 4) is 0 Å². The van der Waals surface area contributed by atoms with Gasteiger partial charge in [-0.15, -0.1) is 0 Å². The summed E-state index contributed by atoms with van der Waals surface area (Å²) in [6.07, 6.45) is -0.126. The fourth-order valence-corrected chi connectivity index (χ4v) is 4.60. The van der Waals surface area contributed by atoms with E-state index in [9.17, 15) is 13.2 Å². The molecule has 0 saturated carbocycles. The van der Waals surface area contributed by atoms with Crippen molar-refractivity contribution in [2.75, 3.05) is 46.5 Å². The minimum atomic E-state index is -3.72. The van der Waals surface area contributed by atoms with E-state index < -0.39 is 10.0 Å². The fraction of sp³-hybridized carbons (Fsp3) is 0.435. The highest BCUT2D eigenvalue weighted by atomic mass is 32.2. The number of nitrogens with one attached hydrogen (secondary N) is 2. The lowest BCUT2D eigenvalue weighted by molar-refractivity contribution is -0.0292. The molecule has 1 atom stereocenters. The molecule has 0 radical (unpaired) electrons. The van der Waals surface area contributed by atoms with Crippen LogP contribution in [0.5, 0.6) is 0 Å².